The van der Waals surface area contributed by atoms with E-state index in [0.29, 0.717) is 12.2 Å². The van der Waals surface area contributed by atoms with Crippen LogP contribution in [-0.4, -0.2) is 33.7 Å². The first-order valence-electron chi connectivity index (χ1n) is 5.39. The van der Waals surface area contributed by atoms with Crippen LogP contribution >= 0.6 is 0 Å². The predicted molar refractivity (Wildman–Crippen MR) is 59.5 cm³/mol. The van der Waals surface area contributed by atoms with Gasteiger partial charge in [-0.05, 0) is 31.0 Å². The Bertz CT molecular complexity index is 423. The highest BCUT2D eigenvalue weighted by molar-refractivity contribution is 5.25. The second-order valence-corrected chi connectivity index (χ2v) is 4.62. The molecule has 1 N–H and O–H groups in total. The number of aliphatic hydroxyl groups is 1. The van der Waals surface area contributed by atoms with Crippen LogP contribution in [0.3, 0.4) is 0 Å². The fourth-order valence-electron chi connectivity index (χ4n) is 2.07. The molecule has 2 rings (SSSR count). The summed E-state index contributed by atoms with van der Waals surface area (Å²) < 4.78 is 0. The van der Waals surface area contributed by atoms with Crippen molar-refractivity contribution in [2.24, 2.45) is 0 Å². The number of aromatic nitrogens is 1. The molecule has 16 heavy (non-hydrogen) atoms. The topological polar surface area (TPSA) is 60.1 Å². The van der Waals surface area contributed by atoms with Gasteiger partial charge in [-0.3, -0.25) is 4.90 Å². The zero-order chi connectivity index (χ0) is 11.6. The summed E-state index contributed by atoms with van der Waals surface area (Å²) in [7, 11) is 0. The van der Waals surface area contributed by atoms with Gasteiger partial charge in [0.2, 0.25) is 0 Å². The van der Waals surface area contributed by atoms with Gasteiger partial charge >= 0.3 is 0 Å². The molecule has 0 saturated carbocycles. The minimum Gasteiger partial charge on any atom is -0.389 e. The molecular weight excluding hydrogens is 202 g/mol. The molecular formula is C12H15N3O. The maximum Gasteiger partial charge on any atom is 0.140 e. The van der Waals surface area contributed by atoms with Crippen molar-refractivity contribution in [1.82, 2.24) is 9.88 Å². The predicted octanol–water partition coefficient (Wildman–Crippen LogP) is 0.910. The summed E-state index contributed by atoms with van der Waals surface area (Å²) in [6, 6.07) is 5.74. The Morgan fingerprint density at radius 3 is 3.12 bits per heavy atom. The average Bonchev–Trinajstić information content (AvgIpc) is 2.58. The first-order chi connectivity index (χ1) is 7.59. The van der Waals surface area contributed by atoms with Gasteiger partial charge in [-0.2, -0.15) is 5.26 Å². The van der Waals surface area contributed by atoms with Crippen molar-refractivity contribution in [2.75, 3.05) is 13.1 Å². The van der Waals surface area contributed by atoms with Gasteiger partial charge in [0.25, 0.3) is 0 Å². The molecule has 4 heteroatoms. The second kappa shape index (κ2) is 4.20. The van der Waals surface area contributed by atoms with E-state index in [-0.39, 0.29) is 0 Å². The van der Waals surface area contributed by atoms with Gasteiger partial charge in [0, 0.05) is 25.8 Å². The molecule has 0 bridgehead atoms. The Morgan fingerprint density at radius 1 is 1.69 bits per heavy atom. The summed E-state index contributed by atoms with van der Waals surface area (Å²) >= 11 is 0. The Kier molecular flexibility index (Phi) is 2.90. The van der Waals surface area contributed by atoms with Crippen LogP contribution in [0, 0.1) is 11.3 Å². The van der Waals surface area contributed by atoms with E-state index in [9.17, 15) is 5.11 Å². The van der Waals surface area contributed by atoms with Crippen molar-refractivity contribution in [3.05, 3.63) is 29.6 Å². The van der Waals surface area contributed by atoms with E-state index in [1.165, 1.54) is 0 Å². The van der Waals surface area contributed by atoms with E-state index in [1.807, 2.05) is 19.1 Å². The zero-order valence-electron chi connectivity index (χ0n) is 9.35. The third-order valence-electron chi connectivity index (χ3n) is 2.88. The number of β-amino-alcohol motifs (C(OH)–C–C–N with tert-alkyl or cyclic N) is 1. The molecule has 0 spiro atoms. The van der Waals surface area contributed by atoms with Gasteiger partial charge in [0.15, 0.2) is 0 Å². The van der Waals surface area contributed by atoms with Gasteiger partial charge in [-0.25, -0.2) is 4.98 Å². The van der Waals surface area contributed by atoms with E-state index in [2.05, 4.69) is 9.88 Å². The van der Waals surface area contributed by atoms with Gasteiger partial charge < -0.3 is 5.11 Å². The molecule has 1 unspecified atom stereocenters. The van der Waals surface area contributed by atoms with Gasteiger partial charge in [-0.1, -0.05) is 0 Å². The van der Waals surface area contributed by atoms with Crippen LogP contribution in [0.1, 0.15) is 24.6 Å². The smallest absolute Gasteiger partial charge is 0.140 e. The van der Waals surface area contributed by atoms with Gasteiger partial charge in [0.1, 0.15) is 11.8 Å². The quantitative estimate of drug-likeness (QED) is 0.800. The Hall–Kier alpha value is -1.44. The molecule has 1 atom stereocenters. The van der Waals surface area contributed by atoms with Crippen LogP contribution in [0.4, 0.5) is 0 Å². The number of nitrogens with zero attached hydrogens (tertiary/aromatic N) is 3. The monoisotopic (exact) mass is 217 g/mol. The van der Waals surface area contributed by atoms with Crippen molar-refractivity contribution in [2.45, 2.75) is 25.5 Å². The molecule has 1 aliphatic heterocycles. The normalized spacial score (nSPS) is 25.6. The number of likely N-dealkylation sites (tertiary alicyclic amines) is 1. The lowest BCUT2D eigenvalue weighted by molar-refractivity contribution is 0.0679. The second-order valence-electron chi connectivity index (χ2n) is 4.62. The molecule has 84 valence electrons. The van der Waals surface area contributed by atoms with Crippen molar-refractivity contribution in [1.29, 1.82) is 5.26 Å². The van der Waals surface area contributed by atoms with Gasteiger partial charge in [-0.15, -0.1) is 0 Å². The third kappa shape index (κ3) is 2.57. The van der Waals surface area contributed by atoms with Crippen molar-refractivity contribution >= 4 is 0 Å². The number of nitriles is 1. The minimum atomic E-state index is -0.564. The van der Waals surface area contributed by atoms with Crippen molar-refractivity contribution in [3.63, 3.8) is 0 Å². The lowest BCUT2D eigenvalue weighted by Gasteiger charge is -2.18. The Morgan fingerprint density at radius 2 is 2.50 bits per heavy atom. The fraction of sp³-hybridized carbons (Fsp3) is 0.500. The Balaban J connectivity index is 2.02. The average molecular weight is 217 g/mol. The van der Waals surface area contributed by atoms with E-state index < -0.39 is 5.60 Å². The summed E-state index contributed by atoms with van der Waals surface area (Å²) in [5, 5.41) is 18.6. The maximum absolute atomic E-state index is 9.84. The first kappa shape index (κ1) is 11.1. The van der Waals surface area contributed by atoms with Crippen LogP contribution in [0.25, 0.3) is 0 Å². The molecule has 1 aromatic heterocycles. The lowest BCUT2D eigenvalue weighted by Crippen LogP contribution is -2.29. The number of pyridine rings is 1. The van der Waals surface area contributed by atoms with Crippen LogP contribution in [-0.2, 0) is 6.54 Å². The molecule has 0 radical (unpaired) electrons. The highest BCUT2D eigenvalue weighted by Crippen LogP contribution is 2.21. The molecule has 1 saturated heterocycles. The first-order valence-corrected chi connectivity index (χ1v) is 5.39. The van der Waals surface area contributed by atoms with Crippen molar-refractivity contribution < 1.29 is 5.11 Å². The number of rotatable bonds is 2. The summed E-state index contributed by atoms with van der Waals surface area (Å²) in [6.07, 6.45) is 2.46. The van der Waals surface area contributed by atoms with E-state index >= 15 is 0 Å². The third-order valence-corrected chi connectivity index (χ3v) is 2.88. The molecule has 4 nitrogen and oxygen atoms in total. The maximum atomic E-state index is 9.84. The van der Waals surface area contributed by atoms with Crippen LogP contribution < -0.4 is 0 Å². The van der Waals surface area contributed by atoms with Crippen molar-refractivity contribution in [3.8, 4) is 6.07 Å². The highest BCUT2D eigenvalue weighted by atomic mass is 16.3. The molecule has 1 fully saturated rings. The standard InChI is InChI=1S/C12H15N3O/c1-12(16)3-5-15(9-12)8-10-2-4-14-11(6-10)7-13/h2,4,6,16H,3,5,8-9H2,1H3. The highest BCUT2D eigenvalue weighted by Gasteiger charge is 2.30. The molecule has 2 heterocycles. The minimum absolute atomic E-state index is 0.448. The van der Waals surface area contributed by atoms with Crippen LogP contribution in [0.5, 0.6) is 0 Å². The molecule has 1 aliphatic rings. The zero-order valence-corrected chi connectivity index (χ0v) is 9.35. The Labute approximate surface area is 95.1 Å². The molecule has 0 aromatic carbocycles. The largest absolute Gasteiger partial charge is 0.389 e. The summed E-state index contributed by atoms with van der Waals surface area (Å²) in [4.78, 5) is 6.12. The molecule has 0 aliphatic carbocycles. The van der Waals surface area contributed by atoms with Crippen LogP contribution in [0.2, 0.25) is 0 Å². The fourth-order valence-corrected chi connectivity index (χ4v) is 2.07. The van der Waals surface area contributed by atoms with Gasteiger partial charge in [0.05, 0.1) is 5.60 Å². The number of hydrogen-bond donors (Lipinski definition) is 1. The van der Waals surface area contributed by atoms with Crippen LogP contribution in [0.15, 0.2) is 18.3 Å². The van der Waals surface area contributed by atoms with E-state index in [1.54, 1.807) is 12.3 Å². The molecule has 0 amide bonds. The SMILES string of the molecule is CC1(O)CCN(Cc2ccnc(C#N)c2)C1. The van der Waals surface area contributed by atoms with E-state index in [4.69, 9.17) is 5.26 Å². The summed E-state index contributed by atoms with van der Waals surface area (Å²) in [6.45, 7) is 4.22. The van der Waals surface area contributed by atoms with E-state index in [0.717, 1.165) is 25.1 Å². The summed E-state index contributed by atoms with van der Waals surface area (Å²) in [5.41, 5.74) is 0.957. The summed E-state index contributed by atoms with van der Waals surface area (Å²) in [5.74, 6) is 0. The number of hydrogen-bond acceptors (Lipinski definition) is 4. The lowest BCUT2D eigenvalue weighted by atomic mass is 10.1. The molecule has 1 aromatic rings.